The van der Waals surface area contributed by atoms with Gasteiger partial charge in [-0.1, -0.05) is 6.07 Å². The summed E-state index contributed by atoms with van der Waals surface area (Å²) in [5.41, 5.74) is 0.758. The first-order valence-electron chi connectivity index (χ1n) is 9.66. The fraction of sp³-hybridized carbons (Fsp3) is 0.550. The van der Waals surface area contributed by atoms with Crippen molar-refractivity contribution in [1.29, 1.82) is 0 Å². The number of carbonyl (C=O) groups is 3. The molecular weight excluding hydrogens is 360 g/mol. The minimum Gasteiger partial charge on any atom is -0.497 e. The molecule has 8 heteroatoms. The number of rotatable bonds is 5. The van der Waals surface area contributed by atoms with Crippen LogP contribution in [-0.2, 0) is 14.4 Å². The van der Waals surface area contributed by atoms with Crippen molar-refractivity contribution in [1.82, 2.24) is 15.1 Å². The Morgan fingerprint density at radius 3 is 2.71 bits per heavy atom. The van der Waals surface area contributed by atoms with Crippen molar-refractivity contribution in [3.8, 4) is 5.75 Å². The minimum atomic E-state index is -0.479. The number of hydrogen-bond acceptors (Lipinski definition) is 5. The average Bonchev–Trinajstić information content (AvgIpc) is 2.69. The molecule has 0 bridgehead atoms. The van der Waals surface area contributed by atoms with Gasteiger partial charge in [0.25, 0.3) is 0 Å². The van der Waals surface area contributed by atoms with Crippen molar-refractivity contribution in [2.24, 2.45) is 0 Å². The van der Waals surface area contributed by atoms with Crippen LogP contribution in [0.2, 0.25) is 0 Å². The molecule has 3 amide bonds. The quantitative estimate of drug-likeness (QED) is 0.793. The van der Waals surface area contributed by atoms with E-state index in [1.807, 2.05) is 43.0 Å². The Bertz CT molecular complexity index is 751. The van der Waals surface area contributed by atoms with E-state index in [1.54, 1.807) is 16.9 Å². The SMILES string of the molecule is COc1cccc(N2CCN(C(=O)C[C@@H]3C(=O)NCCN3C(C)C)CC2=O)c1. The number of methoxy groups -OCH3 is 1. The Hall–Kier alpha value is -2.61. The summed E-state index contributed by atoms with van der Waals surface area (Å²) in [5, 5.41) is 2.84. The summed E-state index contributed by atoms with van der Waals surface area (Å²) < 4.78 is 5.22. The van der Waals surface area contributed by atoms with Crippen LogP contribution in [0.5, 0.6) is 5.75 Å². The van der Waals surface area contributed by atoms with Gasteiger partial charge >= 0.3 is 0 Å². The Morgan fingerprint density at radius 2 is 2.04 bits per heavy atom. The Labute approximate surface area is 165 Å². The van der Waals surface area contributed by atoms with Crippen LogP contribution < -0.4 is 15.0 Å². The maximum atomic E-state index is 12.8. The van der Waals surface area contributed by atoms with Crippen molar-refractivity contribution in [2.45, 2.75) is 32.4 Å². The van der Waals surface area contributed by atoms with Gasteiger partial charge in [0.05, 0.1) is 19.6 Å². The summed E-state index contributed by atoms with van der Waals surface area (Å²) in [4.78, 5) is 43.0. The molecular formula is C20H28N4O4. The third-order valence-electron chi connectivity index (χ3n) is 5.34. The predicted octanol–water partition coefficient (Wildman–Crippen LogP) is 0.469. The van der Waals surface area contributed by atoms with E-state index in [0.29, 0.717) is 25.4 Å². The van der Waals surface area contributed by atoms with Gasteiger partial charge in [-0.25, -0.2) is 0 Å². The lowest BCUT2D eigenvalue weighted by Crippen LogP contribution is -2.59. The molecule has 2 fully saturated rings. The summed E-state index contributed by atoms with van der Waals surface area (Å²) in [6, 6.07) is 7.01. The molecule has 2 aliphatic heterocycles. The van der Waals surface area contributed by atoms with Crippen LogP contribution in [0.15, 0.2) is 24.3 Å². The second-order valence-corrected chi connectivity index (χ2v) is 7.40. The molecule has 3 rings (SSSR count). The third kappa shape index (κ3) is 4.27. The van der Waals surface area contributed by atoms with Crippen molar-refractivity contribution >= 4 is 23.4 Å². The van der Waals surface area contributed by atoms with Crippen LogP contribution in [0.1, 0.15) is 20.3 Å². The molecule has 1 N–H and O–H groups in total. The standard InChI is InChI=1S/C20H28N4O4/c1-14(2)23-8-7-21-20(27)17(23)12-18(25)22-9-10-24(19(26)13-22)15-5-4-6-16(11-15)28-3/h4-6,11,14,17H,7-10,12-13H2,1-3H3,(H,21,27)/t17-/m1/s1. The number of piperazine rings is 2. The first-order valence-corrected chi connectivity index (χ1v) is 9.66. The normalized spacial score (nSPS) is 21.1. The van der Waals surface area contributed by atoms with Crippen LogP contribution in [0, 0.1) is 0 Å². The highest BCUT2D eigenvalue weighted by molar-refractivity contribution is 5.98. The molecule has 8 nitrogen and oxygen atoms in total. The fourth-order valence-electron chi connectivity index (χ4n) is 3.79. The highest BCUT2D eigenvalue weighted by Crippen LogP contribution is 2.23. The molecule has 28 heavy (non-hydrogen) atoms. The average molecular weight is 388 g/mol. The first kappa shape index (κ1) is 20.1. The van der Waals surface area contributed by atoms with Crippen LogP contribution in [0.4, 0.5) is 5.69 Å². The summed E-state index contributed by atoms with van der Waals surface area (Å²) >= 11 is 0. The van der Waals surface area contributed by atoms with Gasteiger partial charge in [-0.15, -0.1) is 0 Å². The van der Waals surface area contributed by atoms with Gasteiger partial charge in [0.2, 0.25) is 17.7 Å². The van der Waals surface area contributed by atoms with Crippen LogP contribution in [-0.4, -0.2) is 79.4 Å². The number of anilines is 1. The van der Waals surface area contributed by atoms with Crippen molar-refractivity contribution < 1.29 is 19.1 Å². The molecule has 2 aliphatic rings. The van der Waals surface area contributed by atoms with Gasteiger partial charge in [-0.05, 0) is 26.0 Å². The molecule has 1 aromatic rings. The van der Waals surface area contributed by atoms with Crippen molar-refractivity contribution in [3.05, 3.63) is 24.3 Å². The van der Waals surface area contributed by atoms with E-state index in [9.17, 15) is 14.4 Å². The lowest BCUT2D eigenvalue weighted by Gasteiger charge is -2.39. The Morgan fingerprint density at radius 1 is 1.25 bits per heavy atom. The molecule has 1 aromatic carbocycles. The minimum absolute atomic E-state index is 0.0199. The second kappa shape index (κ2) is 8.60. The zero-order chi connectivity index (χ0) is 20.3. The van der Waals surface area contributed by atoms with Gasteiger partial charge in [-0.3, -0.25) is 19.3 Å². The monoisotopic (exact) mass is 388 g/mol. The van der Waals surface area contributed by atoms with E-state index in [4.69, 9.17) is 4.74 Å². The molecule has 0 unspecified atom stereocenters. The molecule has 0 radical (unpaired) electrons. The van der Waals surface area contributed by atoms with E-state index >= 15 is 0 Å². The molecule has 0 aliphatic carbocycles. The Balaban J connectivity index is 1.63. The van der Waals surface area contributed by atoms with E-state index in [0.717, 1.165) is 12.2 Å². The molecule has 152 valence electrons. The first-order chi connectivity index (χ1) is 13.4. The predicted molar refractivity (Wildman–Crippen MR) is 105 cm³/mol. The van der Waals surface area contributed by atoms with E-state index in [-0.39, 0.29) is 36.7 Å². The number of carbonyl (C=O) groups excluding carboxylic acids is 3. The smallest absolute Gasteiger partial charge is 0.246 e. The summed E-state index contributed by atoms with van der Waals surface area (Å²) in [6.07, 6.45) is 0.0937. The number of ether oxygens (including phenoxy) is 1. The molecule has 0 aromatic heterocycles. The van der Waals surface area contributed by atoms with Gasteiger partial charge in [-0.2, -0.15) is 0 Å². The highest BCUT2D eigenvalue weighted by atomic mass is 16.5. The van der Waals surface area contributed by atoms with E-state index in [1.165, 1.54) is 0 Å². The van der Waals surface area contributed by atoms with E-state index < -0.39 is 6.04 Å². The van der Waals surface area contributed by atoms with Crippen molar-refractivity contribution in [2.75, 3.05) is 44.7 Å². The van der Waals surface area contributed by atoms with Crippen LogP contribution in [0.25, 0.3) is 0 Å². The number of amides is 3. The van der Waals surface area contributed by atoms with Gasteiger partial charge < -0.3 is 19.9 Å². The van der Waals surface area contributed by atoms with Crippen LogP contribution >= 0.6 is 0 Å². The molecule has 1 atom stereocenters. The van der Waals surface area contributed by atoms with Gasteiger partial charge in [0.1, 0.15) is 12.3 Å². The van der Waals surface area contributed by atoms with Crippen molar-refractivity contribution in [3.63, 3.8) is 0 Å². The maximum Gasteiger partial charge on any atom is 0.246 e. The second-order valence-electron chi connectivity index (χ2n) is 7.40. The summed E-state index contributed by atoms with van der Waals surface area (Å²) in [5.74, 6) is 0.267. The Kier molecular flexibility index (Phi) is 6.18. The molecule has 0 spiro atoms. The van der Waals surface area contributed by atoms with Crippen LogP contribution in [0.3, 0.4) is 0 Å². The summed E-state index contributed by atoms with van der Waals surface area (Å²) in [6.45, 7) is 6.24. The summed E-state index contributed by atoms with van der Waals surface area (Å²) in [7, 11) is 1.58. The number of nitrogens with one attached hydrogen (secondary N) is 1. The lowest BCUT2D eigenvalue weighted by molar-refractivity contribution is -0.142. The highest BCUT2D eigenvalue weighted by Gasteiger charge is 2.36. The van der Waals surface area contributed by atoms with E-state index in [2.05, 4.69) is 5.32 Å². The zero-order valence-electron chi connectivity index (χ0n) is 16.7. The van der Waals surface area contributed by atoms with Gasteiger partial charge in [0, 0.05) is 44.0 Å². The fourth-order valence-corrected chi connectivity index (χ4v) is 3.79. The largest absolute Gasteiger partial charge is 0.497 e. The molecule has 2 saturated heterocycles. The number of benzene rings is 1. The third-order valence-corrected chi connectivity index (χ3v) is 5.34. The topological polar surface area (TPSA) is 82.2 Å². The molecule has 2 heterocycles. The zero-order valence-corrected chi connectivity index (χ0v) is 16.7. The number of nitrogens with zero attached hydrogens (tertiary/aromatic N) is 3. The molecule has 0 saturated carbocycles. The lowest BCUT2D eigenvalue weighted by atomic mass is 10.1. The number of hydrogen-bond donors (Lipinski definition) is 1. The van der Waals surface area contributed by atoms with Gasteiger partial charge in [0.15, 0.2) is 0 Å². The maximum absolute atomic E-state index is 12.8.